The van der Waals surface area contributed by atoms with Crippen LogP contribution in [0.4, 0.5) is 10.1 Å². The van der Waals surface area contributed by atoms with Crippen molar-refractivity contribution in [3.05, 3.63) is 70.9 Å². The van der Waals surface area contributed by atoms with E-state index in [1.54, 1.807) is 44.6 Å². The Kier molecular flexibility index (Phi) is 6.49. The van der Waals surface area contributed by atoms with Crippen LogP contribution < -0.4 is 14.8 Å². The van der Waals surface area contributed by atoms with Gasteiger partial charge in [0, 0.05) is 35.1 Å². The van der Waals surface area contributed by atoms with Crippen LogP contribution in [0.15, 0.2) is 42.5 Å². The van der Waals surface area contributed by atoms with Crippen molar-refractivity contribution in [1.29, 1.82) is 0 Å². The molecule has 0 bridgehead atoms. The Hall–Kier alpha value is -3.94. The number of aryl methyl sites for hydroxylation is 3. The van der Waals surface area contributed by atoms with E-state index in [0.29, 0.717) is 23.6 Å². The van der Waals surface area contributed by atoms with Crippen molar-refractivity contribution in [2.45, 2.75) is 33.6 Å². The number of anilines is 1. The van der Waals surface area contributed by atoms with Crippen molar-refractivity contribution in [3.63, 3.8) is 0 Å². The minimum absolute atomic E-state index is 0.116. The zero-order chi connectivity index (χ0) is 24.4. The van der Waals surface area contributed by atoms with Crippen molar-refractivity contribution in [2.24, 2.45) is 0 Å². The number of nitrogens with zero attached hydrogens (tertiary/aromatic N) is 3. The van der Waals surface area contributed by atoms with Gasteiger partial charge in [-0.25, -0.2) is 13.9 Å². The number of hydrogen-bond acceptors (Lipinski definition) is 5. The molecule has 0 unspecified atom stereocenters. The van der Waals surface area contributed by atoms with Gasteiger partial charge in [-0.3, -0.25) is 4.79 Å². The summed E-state index contributed by atoms with van der Waals surface area (Å²) in [6.07, 6.45) is 0.804. The van der Waals surface area contributed by atoms with E-state index in [-0.39, 0.29) is 18.1 Å². The second kappa shape index (κ2) is 9.51. The molecule has 0 aliphatic carbocycles. The van der Waals surface area contributed by atoms with Gasteiger partial charge < -0.3 is 14.8 Å². The summed E-state index contributed by atoms with van der Waals surface area (Å²) >= 11 is 0. The van der Waals surface area contributed by atoms with Crippen molar-refractivity contribution in [2.75, 3.05) is 19.5 Å². The lowest BCUT2D eigenvalue weighted by atomic mass is 10.0. The fourth-order valence-electron chi connectivity index (χ4n) is 4.16. The molecule has 2 aromatic heterocycles. The molecule has 0 aliphatic heterocycles. The summed E-state index contributed by atoms with van der Waals surface area (Å²) in [4.78, 5) is 17.4. The third-order valence-electron chi connectivity index (χ3n) is 5.90. The first kappa shape index (κ1) is 23.2. The number of amides is 1. The van der Waals surface area contributed by atoms with E-state index in [1.165, 1.54) is 12.1 Å². The van der Waals surface area contributed by atoms with E-state index in [4.69, 9.17) is 14.5 Å². The maximum atomic E-state index is 13.4. The zero-order valence-electron chi connectivity index (χ0n) is 19.9. The summed E-state index contributed by atoms with van der Waals surface area (Å²) in [6.45, 7) is 5.83. The molecule has 2 aromatic carbocycles. The van der Waals surface area contributed by atoms with Gasteiger partial charge in [0.25, 0.3) is 0 Å². The lowest BCUT2D eigenvalue weighted by Gasteiger charge is -2.13. The highest BCUT2D eigenvalue weighted by molar-refractivity contribution is 5.91. The van der Waals surface area contributed by atoms with Crippen molar-refractivity contribution >= 4 is 17.2 Å². The lowest BCUT2D eigenvalue weighted by molar-refractivity contribution is -0.116. The quantitative estimate of drug-likeness (QED) is 0.416. The van der Waals surface area contributed by atoms with Gasteiger partial charge >= 0.3 is 0 Å². The van der Waals surface area contributed by atoms with Gasteiger partial charge in [0.1, 0.15) is 5.82 Å². The predicted octanol–water partition coefficient (Wildman–Crippen LogP) is 5.05. The summed E-state index contributed by atoms with van der Waals surface area (Å²) in [7, 11) is 3.12. The normalized spacial score (nSPS) is 11.0. The molecule has 7 nitrogen and oxygen atoms in total. The van der Waals surface area contributed by atoms with E-state index in [2.05, 4.69) is 10.4 Å². The fourth-order valence-corrected chi connectivity index (χ4v) is 4.16. The number of benzene rings is 2. The van der Waals surface area contributed by atoms with E-state index < -0.39 is 0 Å². The molecule has 0 fully saturated rings. The first-order valence-corrected chi connectivity index (χ1v) is 11.0. The van der Waals surface area contributed by atoms with Crippen molar-refractivity contribution in [3.8, 4) is 22.6 Å². The summed E-state index contributed by atoms with van der Waals surface area (Å²) in [5.74, 6) is 0.745. The van der Waals surface area contributed by atoms with Crippen LogP contribution in [0.25, 0.3) is 16.8 Å². The highest BCUT2D eigenvalue weighted by Gasteiger charge is 2.18. The topological polar surface area (TPSA) is 77.8 Å². The van der Waals surface area contributed by atoms with Crippen LogP contribution in [0.3, 0.4) is 0 Å². The number of fused-ring (bicyclic) bond motifs is 1. The van der Waals surface area contributed by atoms with Crippen LogP contribution in [0.2, 0.25) is 0 Å². The monoisotopic (exact) mass is 462 g/mol. The van der Waals surface area contributed by atoms with E-state index >= 15 is 0 Å². The summed E-state index contributed by atoms with van der Waals surface area (Å²) < 4.78 is 25.7. The fraction of sp³-hybridized carbons (Fsp3) is 0.269. The number of aromatic nitrogens is 3. The van der Waals surface area contributed by atoms with Crippen LogP contribution in [0.5, 0.6) is 11.5 Å². The Morgan fingerprint density at radius 1 is 1.00 bits per heavy atom. The van der Waals surface area contributed by atoms with Gasteiger partial charge in [0.15, 0.2) is 17.1 Å². The number of carbonyl (C=O) groups is 1. The average molecular weight is 463 g/mol. The number of halogens is 1. The number of nitrogens with one attached hydrogen (secondary N) is 1. The highest BCUT2D eigenvalue weighted by atomic mass is 19.1. The summed E-state index contributed by atoms with van der Waals surface area (Å²) in [6, 6.07) is 11.6. The second-order valence-corrected chi connectivity index (χ2v) is 8.08. The number of rotatable bonds is 7. The maximum absolute atomic E-state index is 13.4. The Morgan fingerprint density at radius 2 is 1.71 bits per heavy atom. The average Bonchev–Trinajstić information content (AvgIpc) is 3.15. The Labute approximate surface area is 197 Å². The van der Waals surface area contributed by atoms with Gasteiger partial charge in [0.05, 0.1) is 19.9 Å². The first-order chi connectivity index (χ1) is 16.3. The molecule has 34 heavy (non-hydrogen) atoms. The molecular formula is C26H27FN4O3. The molecular weight excluding hydrogens is 435 g/mol. The maximum Gasteiger partial charge on any atom is 0.224 e. The molecule has 176 valence electrons. The van der Waals surface area contributed by atoms with Crippen LogP contribution >= 0.6 is 0 Å². The van der Waals surface area contributed by atoms with E-state index in [9.17, 15) is 9.18 Å². The molecule has 1 amide bonds. The summed E-state index contributed by atoms with van der Waals surface area (Å²) in [5.41, 5.74) is 6.65. The largest absolute Gasteiger partial charge is 0.493 e. The zero-order valence-corrected chi connectivity index (χ0v) is 19.9. The molecule has 0 aliphatic rings. The lowest BCUT2D eigenvalue weighted by Crippen LogP contribution is -2.14. The smallest absolute Gasteiger partial charge is 0.224 e. The van der Waals surface area contributed by atoms with Gasteiger partial charge in [0.2, 0.25) is 5.91 Å². The first-order valence-electron chi connectivity index (χ1n) is 11.0. The van der Waals surface area contributed by atoms with Crippen LogP contribution in [0, 0.1) is 26.6 Å². The number of methoxy groups -OCH3 is 2. The second-order valence-electron chi connectivity index (χ2n) is 8.08. The third-order valence-corrected chi connectivity index (χ3v) is 5.90. The molecule has 8 heteroatoms. The minimum Gasteiger partial charge on any atom is -0.493 e. The molecule has 0 saturated heterocycles. The molecule has 0 saturated carbocycles. The molecule has 4 aromatic rings. The number of carbonyl (C=O) groups excluding carboxylic acids is 1. The van der Waals surface area contributed by atoms with Gasteiger partial charge in [-0.1, -0.05) is 12.1 Å². The Morgan fingerprint density at radius 3 is 2.38 bits per heavy atom. The molecule has 1 N–H and O–H groups in total. The molecule has 0 atom stereocenters. The molecule has 2 heterocycles. The van der Waals surface area contributed by atoms with Crippen molar-refractivity contribution in [1.82, 2.24) is 14.6 Å². The Bertz CT molecular complexity index is 1360. The Balaban J connectivity index is 1.56. The third kappa shape index (κ3) is 4.44. The van der Waals surface area contributed by atoms with E-state index in [1.807, 2.05) is 25.3 Å². The molecule has 0 spiro atoms. The van der Waals surface area contributed by atoms with Gasteiger partial charge in [-0.15, -0.1) is 0 Å². The van der Waals surface area contributed by atoms with Gasteiger partial charge in [-0.05, 0) is 62.6 Å². The van der Waals surface area contributed by atoms with Crippen LogP contribution in [0.1, 0.15) is 29.1 Å². The number of hydrogen-bond donors (Lipinski definition) is 1. The summed E-state index contributed by atoms with van der Waals surface area (Å²) in [5, 5.41) is 7.58. The van der Waals surface area contributed by atoms with Crippen LogP contribution in [-0.2, 0) is 11.2 Å². The number of ether oxygens (including phenoxy) is 2. The molecule has 4 rings (SSSR count). The van der Waals surface area contributed by atoms with Crippen molar-refractivity contribution < 1.29 is 18.7 Å². The van der Waals surface area contributed by atoms with Crippen LogP contribution in [-0.4, -0.2) is 34.7 Å². The predicted molar refractivity (Wildman–Crippen MR) is 129 cm³/mol. The van der Waals surface area contributed by atoms with E-state index in [0.717, 1.165) is 39.4 Å². The molecule has 0 radical (unpaired) electrons. The minimum atomic E-state index is -0.285. The highest BCUT2D eigenvalue weighted by Crippen LogP contribution is 2.31. The SMILES string of the molecule is COc1ccc(NC(=O)CCc2c(C)nc3c(-c4ccc(F)cc4)c(C)nn3c2C)cc1OC. The standard InChI is InChI=1S/C26H27FN4O3/c1-15-21(11-13-24(32)29-20-10-12-22(33-4)23(14-20)34-5)17(3)31-26(28-15)25(16(2)30-31)18-6-8-19(27)9-7-18/h6-10,12,14H,11,13H2,1-5H3,(H,29,32). The van der Waals surface area contributed by atoms with Gasteiger partial charge in [-0.2, -0.15) is 5.10 Å².